The number of nitrogens with zero attached hydrogens (tertiary/aromatic N) is 1. The molecule has 3 aromatic carbocycles. The molecular weight excluding hydrogens is 478 g/mol. The maximum absolute atomic E-state index is 13.2. The molecule has 3 rings (SSSR count). The van der Waals surface area contributed by atoms with Crippen molar-refractivity contribution < 1.29 is 22.8 Å². The minimum Gasteiger partial charge on any atom is -0.350 e. The van der Waals surface area contributed by atoms with Crippen molar-refractivity contribution in [1.29, 1.82) is 0 Å². The Morgan fingerprint density at radius 2 is 1.64 bits per heavy atom. The Morgan fingerprint density at radius 3 is 2.30 bits per heavy atom. The van der Waals surface area contributed by atoms with Crippen molar-refractivity contribution in [3.63, 3.8) is 0 Å². The normalized spacial score (nSPS) is 11.1. The molecule has 3 aromatic rings. The van der Waals surface area contributed by atoms with Gasteiger partial charge >= 0.3 is 12.2 Å². The molecule has 0 saturated carbocycles. The van der Waals surface area contributed by atoms with Crippen LogP contribution in [0.25, 0.3) is 0 Å². The number of anilines is 2. The Morgan fingerprint density at radius 1 is 0.909 bits per heavy atom. The van der Waals surface area contributed by atoms with Gasteiger partial charge in [-0.25, -0.2) is 4.79 Å². The smallest absolute Gasteiger partial charge is 0.350 e. The standard InChI is InChI=1S/C23H18Cl2F3N3O2/c24-16-9-10-19(20(25)14-16)21(32)29-11-12-31(22(33)30-17-6-2-1-3-7-17)18-8-4-5-15(13-18)23(26,27)28/h1-10,13-14H,11-12H2,(H,29,32)(H,30,33). The Kier molecular flexibility index (Phi) is 7.84. The summed E-state index contributed by atoms with van der Waals surface area (Å²) in [5.74, 6) is -0.510. The van der Waals surface area contributed by atoms with Crippen LogP contribution in [0, 0.1) is 0 Å². The predicted molar refractivity (Wildman–Crippen MR) is 123 cm³/mol. The van der Waals surface area contributed by atoms with Crippen molar-refractivity contribution in [3.05, 3.63) is 94.0 Å². The SMILES string of the molecule is O=C(NCCN(C(=O)Nc1ccccc1)c1cccc(C(F)(F)F)c1)c1ccc(Cl)cc1Cl. The summed E-state index contributed by atoms with van der Waals surface area (Å²) in [6, 6.07) is 16.6. The van der Waals surface area contributed by atoms with E-state index in [9.17, 15) is 22.8 Å². The van der Waals surface area contributed by atoms with Gasteiger partial charge in [-0.05, 0) is 48.5 Å². The van der Waals surface area contributed by atoms with Crippen molar-refractivity contribution in [1.82, 2.24) is 5.32 Å². The summed E-state index contributed by atoms with van der Waals surface area (Å²) in [5, 5.41) is 5.77. The van der Waals surface area contributed by atoms with Crippen molar-refractivity contribution in [2.75, 3.05) is 23.3 Å². The summed E-state index contributed by atoms with van der Waals surface area (Å²) in [6.07, 6.45) is -4.57. The number of alkyl halides is 3. The highest BCUT2D eigenvalue weighted by atomic mass is 35.5. The van der Waals surface area contributed by atoms with Crippen molar-refractivity contribution in [2.24, 2.45) is 0 Å². The molecule has 0 radical (unpaired) electrons. The molecule has 10 heteroatoms. The number of hydrogen-bond acceptors (Lipinski definition) is 2. The zero-order chi connectivity index (χ0) is 24.0. The molecule has 0 bridgehead atoms. The summed E-state index contributed by atoms with van der Waals surface area (Å²) in [4.78, 5) is 26.4. The lowest BCUT2D eigenvalue weighted by Crippen LogP contribution is -2.41. The predicted octanol–water partition coefficient (Wildman–Crippen LogP) is 6.48. The van der Waals surface area contributed by atoms with Crippen LogP contribution in [0.4, 0.5) is 29.3 Å². The van der Waals surface area contributed by atoms with E-state index in [0.29, 0.717) is 10.7 Å². The largest absolute Gasteiger partial charge is 0.416 e. The summed E-state index contributed by atoms with van der Waals surface area (Å²) in [6.45, 7) is -0.146. The first-order chi connectivity index (χ1) is 15.6. The zero-order valence-corrected chi connectivity index (χ0v) is 18.5. The first kappa shape index (κ1) is 24.4. The maximum Gasteiger partial charge on any atom is 0.416 e. The summed E-state index contributed by atoms with van der Waals surface area (Å²) in [7, 11) is 0. The van der Waals surface area contributed by atoms with Crippen LogP contribution in [-0.4, -0.2) is 25.0 Å². The lowest BCUT2D eigenvalue weighted by molar-refractivity contribution is -0.137. The number of nitrogens with one attached hydrogen (secondary N) is 2. The number of halogens is 5. The Bertz CT molecular complexity index is 1140. The van der Waals surface area contributed by atoms with Crippen molar-refractivity contribution >= 4 is 46.5 Å². The Labute approximate surface area is 198 Å². The van der Waals surface area contributed by atoms with Crippen LogP contribution in [0.2, 0.25) is 10.0 Å². The van der Waals surface area contributed by atoms with Gasteiger partial charge in [0, 0.05) is 29.5 Å². The van der Waals surface area contributed by atoms with Crippen LogP contribution in [0.15, 0.2) is 72.8 Å². The van der Waals surface area contributed by atoms with E-state index in [1.807, 2.05) is 0 Å². The zero-order valence-electron chi connectivity index (χ0n) is 17.0. The summed E-state index contributed by atoms with van der Waals surface area (Å²) < 4.78 is 39.6. The molecule has 0 aliphatic rings. The molecule has 0 saturated heterocycles. The molecule has 0 fully saturated rings. The van der Waals surface area contributed by atoms with Crippen LogP contribution < -0.4 is 15.5 Å². The molecule has 0 unspecified atom stereocenters. The average molecular weight is 496 g/mol. The van der Waals surface area contributed by atoms with Gasteiger partial charge in [0.1, 0.15) is 0 Å². The Balaban J connectivity index is 1.78. The quantitative estimate of drug-likeness (QED) is 0.411. The van der Waals surface area contributed by atoms with Crippen LogP contribution in [0.5, 0.6) is 0 Å². The lowest BCUT2D eigenvalue weighted by Gasteiger charge is -2.24. The van der Waals surface area contributed by atoms with Gasteiger partial charge in [0.25, 0.3) is 5.91 Å². The number of carbonyl (C=O) groups excluding carboxylic acids is 2. The molecule has 33 heavy (non-hydrogen) atoms. The third kappa shape index (κ3) is 6.63. The van der Waals surface area contributed by atoms with E-state index in [-0.39, 0.29) is 29.4 Å². The van der Waals surface area contributed by atoms with Gasteiger partial charge in [0.15, 0.2) is 0 Å². The monoisotopic (exact) mass is 495 g/mol. The number of hydrogen-bond donors (Lipinski definition) is 2. The fraction of sp³-hybridized carbons (Fsp3) is 0.130. The molecule has 0 atom stereocenters. The lowest BCUT2D eigenvalue weighted by atomic mass is 10.2. The summed E-state index contributed by atoms with van der Waals surface area (Å²) >= 11 is 11.9. The fourth-order valence-electron chi connectivity index (χ4n) is 2.96. The Hall–Kier alpha value is -3.23. The molecule has 0 aliphatic carbocycles. The number of rotatable bonds is 6. The van der Waals surface area contributed by atoms with E-state index < -0.39 is 23.7 Å². The molecule has 5 nitrogen and oxygen atoms in total. The van der Waals surface area contributed by atoms with Gasteiger partial charge in [0.2, 0.25) is 0 Å². The molecule has 172 valence electrons. The second-order valence-corrected chi connectivity index (χ2v) is 7.72. The number of amides is 3. The van der Waals surface area contributed by atoms with E-state index in [0.717, 1.165) is 17.0 Å². The molecular formula is C23H18Cl2F3N3O2. The topological polar surface area (TPSA) is 61.4 Å². The van der Waals surface area contributed by atoms with Gasteiger partial charge in [-0.15, -0.1) is 0 Å². The second-order valence-electron chi connectivity index (χ2n) is 6.88. The van der Waals surface area contributed by atoms with E-state index in [2.05, 4.69) is 10.6 Å². The molecule has 0 heterocycles. The number of para-hydroxylation sites is 1. The van der Waals surface area contributed by atoms with Crippen LogP contribution in [0.3, 0.4) is 0 Å². The molecule has 3 amide bonds. The first-order valence-electron chi connectivity index (χ1n) is 9.69. The van der Waals surface area contributed by atoms with E-state index in [1.165, 1.54) is 30.3 Å². The minimum atomic E-state index is -4.57. The third-order valence-electron chi connectivity index (χ3n) is 4.55. The third-order valence-corrected chi connectivity index (χ3v) is 5.10. The highest BCUT2D eigenvalue weighted by Crippen LogP contribution is 2.32. The van der Waals surface area contributed by atoms with Gasteiger partial charge < -0.3 is 10.6 Å². The molecule has 2 N–H and O–H groups in total. The molecule has 0 spiro atoms. The number of urea groups is 1. The van der Waals surface area contributed by atoms with Crippen LogP contribution in [0.1, 0.15) is 15.9 Å². The van der Waals surface area contributed by atoms with E-state index >= 15 is 0 Å². The van der Waals surface area contributed by atoms with Gasteiger partial charge in [-0.3, -0.25) is 9.69 Å². The van der Waals surface area contributed by atoms with Crippen LogP contribution in [-0.2, 0) is 6.18 Å². The fourth-order valence-corrected chi connectivity index (χ4v) is 3.45. The maximum atomic E-state index is 13.2. The highest BCUT2D eigenvalue weighted by Gasteiger charge is 2.31. The minimum absolute atomic E-state index is 0.0250. The number of carbonyl (C=O) groups is 2. The highest BCUT2D eigenvalue weighted by molar-refractivity contribution is 6.36. The van der Waals surface area contributed by atoms with Crippen molar-refractivity contribution in [3.8, 4) is 0 Å². The van der Waals surface area contributed by atoms with Crippen molar-refractivity contribution in [2.45, 2.75) is 6.18 Å². The van der Waals surface area contributed by atoms with Gasteiger partial charge in [0.05, 0.1) is 16.1 Å². The second kappa shape index (κ2) is 10.6. The van der Waals surface area contributed by atoms with Gasteiger partial charge in [-0.2, -0.15) is 13.2 Å². The van der Waals surface area contributed by atoms with E-state index in [4.69, 9.17) is 23.2 Å². The van der Waals surface area contributed by atoms with E-state index in [1.54, 1.807) is 30.3 Å². The van der Waals surface area contributed by atoms with Gasteiger partial charge in [-0.1, -0.05) is 47.5 Å². The average Bonchev–Trinajstić information content (AvgIpc) is 2.76. The summed E-state index contributed by atoms with van der Waals surface area (Å²) in [5.41, 5.74) is -0.219. The number of benzene rings is 3. The van der Waals surface area contributed by atoms with Crippen LogP contribution >= 0.6 is 23.2 Å². The first-order valence-corrected chi connectivity index (χ1v) is 10.4. The molecule has 0 aliphatic heterocycles. The molecule has 0 aromatic heterocycles.